The highest BCUT2D eigenvalue weighted by molar-refractivity contribution is 6.32. The van der Waals surface area contributed by atoms with Gasteiger partial charge in [0.2, 0.25) is 17.1 Å². The van der Waals surface area contributed by atoms with Crippen LogP contribution in [0, 0.1) is 10.1 Å². The van der Waals surface area contributed by atoms with Crippen LogP contribution in [-0.4, -0.2) is 22.1 Å². The van der Waals surface area contributed by atoms with Gasteiger partial charge >= 0.3 is 5.97 Å². The van der Waals surface area contributed by atoms with Gasteiger partial charge in [0, 0.05) is 12.1 Å². The fourth-order valence-electron chi connectivity index (χ4n) is 3.02. The number of fused-ring (bicyclic) bond motifs is 1. The molecule has 1 aliphatic rings. The highest BCUT2D eigenvalue weighted by atomic mass is 35.5. The van der Waals surface area contributed by atoms with Crippen LogP contribution in [0.25, 0.3) is 0 Å². The van der Waals surface area contributed by atoms with Crippen LogP contribution in [0.1, 0.15) is 36.8 Å². The van der Waals surface area contributed by atoms with E-state index in [2.05, 4.69) is 0 Å². The number of benzene rings is 1. The molecule has 3 rings (SSSR count). The van der Waals surface area contributed by atoms with Crippen LogP contribution in [0.3, 0.4) is 0 Å². The number of aliphatic hydroxyl groups excluding tert-OH is 1. The van der Waals surface area contributed by atoms with Gasteiger partial charge in [-0.2, -0.15) is 0 Å². The zero-order valence-electron chi connectivity index (χ0n) is 15.9. The first kappa shape index (κ1) is 21.3. The highest BCUT2D eigenvalue weighted by Gasteiger charge is 2.40. The van der Waals surface area contributed by atoms with Crippen molar-refractivity contribution in [1.29, 1.82) is 0 Å². The molecule has 0 amide bonds. The standard InChI is InChI=1S/C19H17ClN2O8/c1-8(2)28-19(25)15-14(9-3-4-12(22(26)27)11(20)5-9)17-16(30-18(15)21)13(24)6-10(7-23)29-17/h3-6,8,14,23H,7,21H2,1-2H3. The molecule has 1 unspecified atom stereocenters. The Balaban J connectivity index is 2.27. The van der Waals surface area contributed by atoms with Gasteiger partial charge in [0.1, 0.15) is 23.0 Å². The maximum atomic E-state index is 12.8. The molecule has 2 aromatic rings. The van der Waals surface area contributed by atoms with Gasteiger partial charge < -0.3 is 24.7 Å². The second-order valence-corrected chi connectivity index (χ2v) is 7.07. The Morgan fingerprint density at radius 3 is 2.67 bits per heavy atom. The maximum Gasteiger partial charge on any atom is 0.340 e. The van der Waals surface area contributed by atoms with E-state index in [1.165, 1.54) is 12.1 Å². The Labute approximate surface area is 174 Å². The van der Waals surface area contributed by atoms with E-state index in [-0.39, 0.29) is 45.0 Å². The van der Waals surface area contributed by atoms with Crippen LogP contribution >= 0.6 is 11.6 Å². The van der Waals surface area contributed by atoms with Crippen LogP contribution in [0.5, 0.6) is 5.75 Å². The topological polar surface area (TPSA) is 155 Å². The van der Waals surface area contributed by atoms with Gasteiger partial charge in [0.05, 0.1) is 16.9 Å². The summed E-state index contributed by atoms with van der Waals surface area (Å²) in [6, 6.07) is 4.80. The second kappa shape index (κ2) is 8.17. The minimum atomic E-state index is -1.11. The molecule has 0 aliphatic carbocycles. The van der Waals surface area contributed by atoms with Crippen LogP contribution in [-0.2, 0) is 16.1 Å². The molecule has 11 heteroatoms. The molecular formula is C19H17ClN2O8. The van der Waals surface area contributed by atoms with Crippen LogP contribution < -0.4 is 15.9 Å². The van der Waals surface area contributed by atoms with Gasteiger partial charge in [-0.25, -0.2) is 4.79 Å². The van der Waals surface area contributed by atoms with Crippen molar-refractivity contribution in [3.05, 3.63) is 78.2 Å². The molecule has 3 N–H and O–H groups in total. The third-order valence-corrected chi connectivity index (χ3v) is 4.53. The van der Waals surface area contributed by atoms with Crippen molar-refractivity contribution in [2.75, 3.05) is 0 Å². The van der Waals surface area contributed by atoms with Gasteiger partial charge in [-0.15, -0.1) is 0 Å². The number of esters is 1. The lowest BCUT2D eigenvalue weighted by Gasteiger charge is -2.27. The molecule has 1 aromatic heterocycles. The maximum absolute atomic E-state index is 12.8. The predicted octanol–water partition coefficient (Wildman–Crippen LogP) is 2.34. The summed E-state index contributed by atoms with van der Waals surface area (Å²) in [5.41, 5.74) is 5.07. The molecular weight excluding hydrogens is 420 g/mol. The second-order valence-electron chi connectivity index (χ2n) is 6.66. The number of rotatable bonds is 5. The average Bonchev–Trinajstić information content (AvgIpc) is 2.66. The van der Waals surface area contributed by atoms with Gasteiger partial charge in [0.25, 0.3) is 5.69 Å². The summed E-state index contributed by atoms with van der Waals surface area (Å²) in [5.74, 6) is -2.78. The van der Waals surface area contributed by atoms with Gasteiger partial charge in [-0.1, -0.05) is 17.7 Å². The third kappa shape index (κ3) is 3.87. The van der Waals surface area contributed by atoms with Gasteiger partial charge in [0.15, 0.2) is 5.76 Å². The molecule has 10 nitrogen and oxygen atoms in total. The number of nitrogens with two attached hydrogens (primary N) is 1. The van der Waals surface area contributed by atoms with E-state index in [1.54, 1.807) is 13.8 Å². The first-order chi connectivity index (χ1) is 14.1. The number of carbonyl (C=O) groups is 1. The molecule has 0 fully saturated rings. The molecule has 0 radical (unpaired) electrons. The summed E-state index contributed by atoms with van der Waals surface area (Å²) in [5, 5.41) is 20.3. The summed E-state index contributed by atoms with van der Waals surface area (Å²) in [7, 11) is 0. The van der Waals surface area contributed by atoms with Gasteiger partial charge in [-0.05, 0) is 25.5 Å². The van der Waals surface area contributed by atoms with E-state index >= 15 is 0 Å². The van der Waals surface area contributed by atoms with Crippen LogP contribution in [0.4, 0.5) is 5.69 Å². The van der Waals surface area contributed by atoms with Crippen molar-refractivity contribution in [2.45, 2.75) is 32.5 Å². The first-order valence-electron chi connectivity index (χ1n) is 8.74. The van der Waals surface area contributed by atoms with Crippen molar-refractivity contribution in [2.24, 2.45) is 5.73 Å². The van der Waals surface area contributed by atoms with Crippen LogP contribution in [0.2, 0.25) is 5.02 Å². The fraction of sp³-hybridized carbons (Fsp3) is 0.263. The Hall–Kier alpha value is -3.37. The zero-order valence-corrected chi connectivity index (χ0v) is 16.6. The third-order valence-electron chi connectivity index (χ3n) is 4.23. The van der Waals surface area contributed by atoms with Crippen molar-refractivity contribution in [3.63, 3.8) is 0 Å². The summed E-state index contributed by atoms with van der Waals surface area (Å²) in [4.78, 5) is 35.6. The number of nitro benzene ring substituents is 1. The van der Waals surface area contributed by atoms with Crippen molar-refractivity contribution in [3.8, 4) is 5.75 Å². The van der Waals surface area contributed by atoms with Crippen molar-refractivity contribution >= 4 is 23.3 Å². The molecule has 158 valence electrons. The molecule has 30 heavy (non-hydrogen) atoms. The van der Waals surface area contributed by atoms with Crippen molar-refractivity contribution in [1.82, 2.24) is 0 Å². The van der Waals surface area contributed by atoms with E-state index < -0.39 is 35.0 Å². The lowest BCUT2D eigenvalue weighted by molar-refractivity contribution is -0.384. The number of hydrogen-bond donors (Lipinski definition) is 2. The number of aliphatic hydroxyl groups is 1. The Kier molecular flexibility index (Phi) is 5.81. The highest BCUT2D eigenvalue weighted by Crippen LogP contribution is 2.43. The minimum absolute atomic E-state index is 0.0718. The lowest BCUT2D eigenvalue weighted by atomic mass is 9.86. The number of hydrogen-bond acceptors (Lipinski definition) is 9. The van der Waals surface area contributed by atoms with E-state index in [4.69, 9.17) is 31.2 Å². The number of carbonyl (C=O) groups excluding carboxylic acids is 1. The summed E-state index contributed by atoms with van der Waals surface area (Å²) in [6.07, 6.45) is -0.490. The monoisotopic (exact) mass is 436 g/mol. The first-order valence-corrected chi connectivity index (χ1v) is 9.11. The number of ether oxygens (including phenoxy) is 2. The fourth-order valence-corrected chi connectivity index (χ4v) is 3.28. The number of nitrogens with zero attached hydrogens (tertiary/aromatic N) is 1. The lowest BCUT2D eigenvalue weighted by Crippen LogP contribution is -2.31. The SMILES string of the molecule is CC(C)OC(=O)C1=C(N)Oc2c(oc(CO)cc2=O)C1c1ccc([N+](=O)[O-])c(Cl)c1. The molecule has 0 bridgehead atoms. The predicted molar refractivity (Wildman–Crippen MR) is 104 cm³/mol. The van der Waals surface area contributed by atoms with Crippen molar-refractivity contribution < 1.29 is 28.7 Å². The molecule has 0 spiro atoms. The molecule has 1 aliphatic heterocycles. The normalized spacial score (nSPS) is 15.6. The largest absolute Gasteiger partial charge is 0.459 e. The summed E-state index contributed by atoms with van der Waals surface area (Å²) < 4.78 is 16.2. The van der Waals surface area contributed by atoms with E-state index in [9.17, 15) is 24.8 Å². The summed E-state index contributed by atoms with van der Waals surface area (Å²) >= 11 is 6.04. The van der Waals surface area contributed by atoms with E-state index in [0.717, 1.165) is 12.1 Å². The Morgan fingerprint density at radius 1 is 1.40 bits per heavy atom. The quantitative estimate of drug-likeness (QED) is 0.408. The molecule has 0 saturated carbocycles. The molecule has 0 saturated heterocycles. The zero-order chi connectivity index (χ0) is 22.2. The smallest absolute Gasteiger partial charge is 0.340 e. The van der Waals surface area contributed by atoms with E-state index in [0.29, 0.717) is 0 Å². The van der Waals surface area contributed by atoms with E-state index in [1.807, 2.05) is 0 Å². The molecule has 1 atom stereocenters. The average molecular weight is 437 g/mol. The Morgan fingerprint density at radius 2 is 2.10 bits per heavy atom. The molecule has 2 heterocycles. The number of nitro groups is 1. The van der Waals surface area contributed by atoms with Crippen LogP contribution in [0.15, 0.2) is 44.9 Å². The Bertz CT molecular complexity index is 1120. The minimum Gasteiger partial charge on any atom is -0.459 e. The molecule has 1 aromatic carbocycles. The van der Waals surface area contributed by atoms with Gasteiger partial charge in [-0.3, -0.25) is 14.9 Å². The number of halogens is 1. The summed E-state index contributed by atoms with van der Waals surface area (Å²) in [6.45, 7) is 2.68.